The lowest BCUT2D eigenvalue weighted by molar-refractivity contribution is 1.18. The van der Waals surface area contributed by atoms with Crippen molar-refractivity contribution in [2.24, 2.45) is 0 Å². The van der Waals surface area contributed by atoms with Crippen molar-refractivity contribution < 1.29 is 0 Å². The summed E-state index contributed by atoms with van der Waals surface area (Å²) in [5, 5.41) is 15.2. The van der Waals surface area contributed by atoms with Crippen LogP contribution in [0.3, 0.4) is 0 Å². The zero-order valence-corrected chi connectivity index (χ0v) is 24.9. The molecule has 2 heteroatoms. The highest BCUT2D eigenvalue weighted by molar-refractivity contribution is 6.37. The summed E-state index contributed by atoms with van der Waals surface area (Å²) in [5.74, 6) is 0.723. The maximum absolute atomic E-state index is 5.21. The van der Waals surface area contributed by atoms with Crippen LogP contribution in [0.2, 0.25) is 0 Å². The Labute approximate surface area is 265 Å². The minimum atomic E-state index is 0.723. The lowest BCUT2D eigenvalue weighted by atomic mass is 9.87. The Hall–Kier alpha value is -6.12. The number of benzene rings is 8. The molecule has 1 aromatic heterocycles. The van der Waals surface area contributed by atoms with Gasteiger partial charge in [0.05, 0.1) is 11.4 Å². The number of aromatic nitrogens is 2. The minimum Gasteiger partial charge on any atom is -0.228 e. The molecule has 0 saturated carbocycles. The quantitative estimate of drug-likeness (QED) is 0.194. The molecule has 0 aliphatic heterocycles. The molecule has 0 unspecified atom stereocenters. The van der Waals surface area contributed by atoms with Crippen LogP contribution in [-0.2, 0) is 0 Å². The molecule has 0 bridgehead atoms. The van der Waals surface area contributed by atoms with Crippen LogP contribution in [-0.4, -0.2) is 9.97 Å². The number of fused-ring (bicyclic) bond motifs is 2. The molecular formula is C44H26N2. The van der Waals surface area contributed by atoms with E-state index in [2.05, 4.69) is 133 Å². The van der Waals surface area contributed by atoms with Gasteiger partial charge in [-0.05, 0) is 82.8 Å². The fraction of sp³-hybridized carbons (Fsp3) is 0. The van der Waals surface area contributed by atoms with Crippen molar-refractivity contribution in [3.63, 3.8) is 0 Å². The molecule has 10 rings (SSSR count). The third-order valence-corrected chi connectivity index (χ3v) is 9.55. The van der Waals surface area contributed by atoms with E-state index < -0.39 is 0 Å². The number of hydrogen-bond acceptors (Lipinski definition) is 2. The highest BCUT2D eigenvalue weighted by Gasteiger charge is 2.17. The van der Waals surface area contributed by atoms with Crippen molar-refractivity contribution in [3.8, 4) is 33.9 Å². The highest BCUT2D eigenvalue weighted by Crippen LogP contribution is 2.44. The van der Waals surface area contributed by atoms with Crippen LogP contribution in [0.1, 0.15) is 0 Å². The predicted octanol–water partition coefficient (Wildman–Crippen LogP) is 11.8. The van der Waals surface area contributed by atoms with Gasteiger partial charge in [0, 0.05) is 16.7 Å². The molecule has 0 aliphatic rings. The normalized spacial score (nSPS) is 11.9. The van der Waals surface area contributed by atoms with Crippen LogP contribution < -0.4 is 0 Å². The predicted molar refractivity (Wildman–Crippen MR) is 195 cm³/mol. The monoisotopic (exact) mass is 582 g/mol. The summed E-state index contributed by atoms with van der Waals surface area (Å²) in [6, 6.07) is 56.8. The van der Waals surface area contributed by atoms with E-state index in [4.69, 9.17) is 9.97 Å². The average molecular weight is 583 g/mol. The molecule has 0 radical (unpaired) electrons. The zero-order chi connectivity index (χ0) is 30.2. The van der Waals surface area contributed by atoms with E-state index in [9.17, 15) is 0 Å². The van der Waals surface area contributed by atoms with Gasteiger partial charge in [-0.3, -0.25) is 0 Å². The second kappa shape index (κ2) is 9.69. The van der Waals surface area contributed by atoms with Gasteiger partial charge < -0.3 is 0 Å². The zero-order valence-electron chi connectivity index (χ0n) is 24.9. The molecule has 0 fully saturated rings. The first-order valence-electron chi connectivity index (χ1n) is 15.8. The minimum absolute atomic E-state index is 0.723. The summed E-state index contributed by atoms with van der Waals surface area (Å²) in [4.78, 5) is 10.3. The number of hydrogen-bond donors (Lipinski definition) is 0. The first-order chi connectivity index (χ1) is 22.8. The second-order valence-corrected chi connectivity index (χ2v) is 12.2. The molecule has 0 saturated heterocycles. The molecule has 2 nitrogen and oxygen atoms in total. The van der Waals surface area contributed by atoms with Gasteiger partial charge in [-0.2, -0.15) is 0 Å². The second-order valence-electron chi connectivity index (χ2n) is 12.2. The van der Waals surface area contributed by atoms with Crippen molar-refractivity contribution in [3.05, 3.63) is 158 Å². The Morgan fingerprint density at radius 2 is 0.739 bits per heavy atom. The standard InChI is InChI=1S/C44H26N2/c1-3-10-27(11-4-1)38-26-39(46-44(45-38)31-12-5-2-6-13-31)33-24-32-23-22-30-15-8-18-35-34-17-7-14-28-20-21-29-16-9-19-36(42(29)40(28)34)37(25-33)43(32)41(30)35/h1-26H. The van der Waals surface area contributed by atoms with Crippen molar-refractivity contribution >= 4 is 64.6 Å². The summed E-state index contributed by atoms with van der Waals surface area (Å²) in [6.07, 6.45) is 0. The largest absolute Gasteiger partial charge is 0.228 e. The molecule has 0 N–H and O–H groups in total. The fourth-order valence-corrected chi connectivity index (χ4v) is 7.50. The lowest BCUT2D eigenvalue weighted by Crippen LogP contribution is -1.96. The lowest BCUT2D eigenvalue weighted by Gasteiger charge is -2.17. The van der Waals surface area contributed by atoms with Crippen molar-refractivity contribution in [1.29, 1.82) is 0 Å². The topological polar surface area (TPSA) is 25.8 Å². The molecule has 9 aromatic carbocycles. The molecule has 10 aromatic rings. The average Bonchev–Trinajstić information content (AvgIpc) is 3.13. The molecule has 0 aliphatic carbocycles. The molecule has 46 heavy (non-hydrogen) atoms. The first-order valence-corrected chi connectivity index (χ1v) is 15.8. The van der Waals surface area contributed by atoms with Crippen LogP contribution in [0, 0.1) is 0 Å². The van der Waals surface area contributed by atoms with E-state index in [1.165, 1.54) is 64.6 Å². The Bertz CT molecular complexity index is 2720. The van der Waals surface area contributed by atoms with Crippen molar-refractivity contribution in [2.75, 3.05) is 0 Å². The number of nitrogens with zero attached hydrogens (tertiary/aromatic N) is 2. The van der Waals surface area contributed by atoms with E-state index in [-0.39, 0.29) is 0 Å². The Balaban J connectivity index is 1.39. The summed E-state index contributed by atoms with van der Waals surface area (Å²) < 4.78 is 0. The molecule has 1 heterocycles. The van der Waals surface area contributed by atoms with Crippen LogP contribution in [0.5, 0.6) is 0 Å². The molecular weight excluding hydrogens is 556 g/mol. The van der Waals surface area contributed by atoms with Crippen LogP contribution in [0.15, 0.2) is 158 Å². The Morgan fingerprint density at radius 1 is 0.283 bits per heavy atom. The van der Waals surface area contributed by atoms with Gasteiger partial charge in [0.25, 0.3) is 0 Å². The Kier molecular flexibility index (Phi) is 5.31. The smallest absolute Gasteiger partial charge is 0.160 e. The Morgan fingerprint density at radius 3 is 1.30 bits per heavy atom. The van der Waals surface area contributed by atoms with Crippen LogP contribution in [0.4, 0.5) is 0 Å². The SMILES string of the molecule is c1ccc(-c2cc(-c3cc4ccc5cccc6c7cccc8ccc9cccc(c(c3)c4c56)c9c87)nc(-c3ccccc3)n2)cc1. The van der Waals surface area contributed by atoms with Gasteiger partial charge >= 0.3 is 0 Å². The van der Waals surface area contributed by atoms with Crippen molar-refractivity contribution in [1.82, 2.24) is 9.97 Å². The molecule has 212 valence electrons. The van der Waals surface area contributed by atoms with Gasteiger partial charge in [-0.15, -0.1) is 0 Å². The van der Waals surface area contributed by atoms with E-state index in [0.29, 0.717) is 0 Å². The van der Waals surface area contributed by atoms with Crippen LogP contribution in [0.25, 0.3) is 98.5 Å². The fourth-order valence-electron chi connectivity index (χ4n) is 7.50. The number of rotatable bonds is 3. The van der Waals surface area contributed by atoms with Gasteiger partial charge in [0.2, 0.25) is 0 Å². The van der Waals surface area contributed by atoms with Crippen LogP contribution >= 0.6 is 0 Å². The molecule has 0 atom stereocenters. The molecule has 0 amide bonds. The third-order valence-electron chi connectivity index (χ3n) is 9.55. The summed E-state index contributed by atoms with van der Waals surface area (Å²) in [6.45, 7) is 0. The summed E-state index contributed by atoms with van der Waals surface area (Å²) >= 11 is 0. The van der Waals surface area contributed by atoms with E-state index in [1.54, 1.807) is 0 Å². The van der Waals surface area contributed by atoms with Gasteiger partial charge in [-0.1, -0.05) is 140 Å². The maximum Gasteiger partial charge on any atom is 0.160 e. The van der Waals surface area contributed by atoms with E-state index in [1.807, 2.05) is 24.3 Å². The maximum atomic E-state index is 5.21. The third kappa shape index (κ3) is 3.71. The first kappa shape index (κ1) is 25.2. The highest BCUT2D eigenvalue weighted by atomic mass is 14.9. The van der Waals surface area contributed by atoms with E-state index >= 15 is 0 Å². The van der Waals surface area contributed by atoms with Crippen molar-refractivity contribution in [2.45, 2.75) is 0 Å². The van der Waals surface area contributed by atoms with Gasteiger partial charge in [0.15, 0.2) is 5.82 Å². The summed E-state index contributed by atoms with van der Waals surface area (Å²) in [7, 11) is 0. The molecule has 0 spiro atoms. The van der Waals surface area contributed by atoms with Gasteiger partial charge in [-0.25, -0.2) is 9.97 Å². The van der Waals surface area contributed by atoms with Gasteiger partial charge in [0.1, 0.15) is 0 Å². The van der Waals surface area contributed by atoms with E-state index in [0.717, 1.165) is 33.9 Å². The summed E-state index contributed by atoms with van der Waals surface area (Å²) in [5.41, 5.74) is 4.97.